The van der Waals surface area contributed by atoms with Crippen molar-refractivity contribution >= 4 is 22.4 Å². The Bertz CT molecular complexity index is 766. The Morgan fingerprint density at radius 3 is 2.93 bits per heavy atom. The number of aliphatic hydroxyl groups is 1. The predicted molar refractivity (Wildman–Crippen MR) is 118 cm³/mol. The fourth-order valence-corrected chi connectivity index (χ4v) is 7.33. The van der Waals surface area contributed by atoms with Gasteiger partial charge in [-0.25, -0.2) is 4.98 Å². The Labute approximate surface area is 183 Å². The summed E-state index contributed by atoms with van der Waals surface area (Å²) in [6, 6.07) is 0. The zero-order chi connectivity index (χ0) is 21.5. The molecule has 5 N–H and O–H groups in total. The summed E-state index contributed by atoms with van der Waals surface area (Å²) in [7, 11) is 0. The van der Waals surface area contributed by atoms with Crippen molar-refractivity contribution in [3.63, 3.8) is 0 Å². The second-order valence-electron chi connectivity index (χ2n) is 9.89. The number of carbonyl (C=O) groups is 1. The minimum Gasteiger partial charge on any atom is -0.392 e. The van der Waals surface area contributed by atoms with Crippen molar-refractivity contribution in [3.05, 3.63) is 10.6 Å². The van der Waals surface area contributed by atoms with E-state index >= 15 is 0 Å². The Kier molecular flexibility index (Phi) is 6.40. The quantitative estimate of drug-likeness (QED) is 0.536. The van der Waals surface area contributed by atoms with E-state index in [0.29, 0.717) is 11.7 Å². The predicted octanol–water partition coefficient (Wildman–Crippen LogP) is 0.446. The van der Waals surface area contributed by atoms with Gasteiger partial charge in [0.15, 0.2) is 5.13 Å². The number of nitrogen functional groups attached to an aromatic ring is 1. The van der Waals surface area contributed by atoms with E-state index in [-0.39, 0.29) is 35.0 Å². The van der Waals surface area contributed by atoms with Gasteiger partial charge >= 0.3 is 0 Å². The van der Waals surface area contributed by atoms with Crippen LogP contribution in [0.25, 0.3) is 0 Å². The van der Waals surface area contributed by atoms with Gasteiger partial charge in [0, 0.05) is 16.7 Å². The summed E-state index contributed by atoms with van der Waals surface area (Å²) in [5.41, 5.74) is 7.09. The van der Waals surface area contributed by atoms with Crippen molar-refractivity contribution in [1.82, 2.24) is 10.3 Å². The highest BCUT2D eigenvalue weighted by atomic mass is 32.1. The van der Waals surface area contributed by atoms with Crippen LogP contribution in [0.1, 0.15) is 50.1 Å². The number of hydrogen-bond acceptors (Lipinski definition) is 6. The molecule has 2 heterocycles. The molecule has 3 aliphatic rings. The first kappa shape index (κ1) is 22.0. The van der Waals surface area contributed by atoms with E-state index in [1.807, 2.05) is 6.92 Å². The lowest BCUT2D eigenvalue weighted by Gasteiger charge is -2.53. The number of thiazole rings is 1. The van der Waals surface area contributed by atoms with Crippen LogP contribution in [0.15, 0.2) is 0 Å². The number of ether oxygens (including phenoxy) is 1. The van der Waals surface area contributed by atoms with Crippen molar-refractivity contribution < 1.29 is 19.5 Å². The zero-order valence-electron chi connectivity index (χ0n) is 18.4. The van der Waals surface area contributed by atoms with E-state index in [1.165, 1.54) is 9.78 Å². The van der Waals surface area contributed by atoms with Gasteiger partial charge in [0.05, 0.1) is 38.1 Å². The van der Waals surface area contributed by atoms with E-state index in [1.54, 1.807) is 11.3 Å². The van der Waals surface area contributed by atoms with Gasteiger partial charge in [-0.1, -0.05) is 20.8 Å². The lowest BCUT2D eigenvalue weighted by molar-refractivity contribution is -0.906. The standard InChI is InChI=1S/C22H36N4O3S/c1-13(20(28)24-6-7-26-8-10-29-11-9-26)15-4-5-22(3)12-16-18(25-21(23)30-16)14(2)17(22)19(15)27/h13-15,17,19,27H,4-12H2,1-3H3,(H2,23,25)(H,24,28)/p+1/t13-,14-,15-,17+,19-,22+/m0/s1. The third kappa shape index (κ3) is 4.11. The Hall–Kier alpha value is -1.22. The maximum atomic E-state index is 12.9. The molecule has 0 radical (unpaired) electrons. The molecule has 1 aliphatic heterocycles. The first-order chi connectivity index (χ1) is 14.3. The number of hydrogen-bond donors (Lipinski definition) is 4. The summed E-state index contributed by atoms with van der Waals surface area (Å²) in [5, 5.41) is 15.2. The van der Waals surface area contributed by atoms with Crippen molar-refractivity contribution in [1.29, 1.82) is 0 Å². The van der Waals surface area contributed by atoms with Crippen LogP contribution < -0.4 is 16.0 Å². The van der Waals surface area contributed by atoms with Crippen LogP contribution in [-0.4, -0.2) is 61.5 Å². The maximum absolute atomic E-state index is 12.9. The minimum absolute atomic E-state index is 0.0150. The lowest BCUT2D eigenvalue weighted by Crippen LogP contribution is -3.14. The average Bonchev–Trinajstić information content (AvgIpc) is 3.08. The summed E-state index contributed by atoms with van der Waals surface area (Å²) in [6.45, 7) is 11.7. The Balaban J connectivity index is 1.39. The van der Waals surface area contributed by atoms with Crippen LogP contribution >= 0.6 is 11.3 Å². The molecule has 1 aromatic rings. The number of nitrogens with one attached hydrogen (secondary N) is 2. The number of rotatable bonds is 5. The highest BCUT2D eigenvalue weighted by Crippen LogP contribution is 2.57. The highest BCUT2D eigenvalue weighted by Gasteiger charge is 2.53. The van der Waals surface area contributed by atoms with Crippen molar-refractivity contribution in [2.24, 2.45) is 23.2 Å². The number of nitrogens with two attached hydrogens (primary N) is 1. The highest BCUT2D eigenvalue weighted by molar-refractivity contribution is 7.15. The molecule has 0 spiro atoms. The van der Waals surface area contributed by atoms with Gasteiger partial charge in [0.1, 0.15) is 13.1 Å². The molecule has 7 nitrogen and oxygen atoms in total. The number of fused-ring (bicyclic) bond motifs is 2. The SMILES string of the molecule is C[C@H](C(=O)NCC[NH+]1CCOCC1)[C@@H]1CC[C@]2(C)Cc3sc(N)nc3[C@@H](C)[C@@H]2[C@H]1O. The topological polar surface area (TPSA) is 102 Å². The molecule has 4 rings (SSSR count). The van der Waals surface area contributed by atoms with Gasteiger partial charge in [-0.2, -0.15) is 0 Å². The van der Waals surface area contributed by atoms with E-state index in [9.17, 15) is 9.90 Å². The number of morpholine rings is 1. The number of carbonyl (C=O) groups excluding carboxylic acids is 1. The molecule has 1 saturated carbocycles. The van der Waals surface area contributed by atoms with Gasteiger partial charge in [0.2, 0.25) is 5.91 Å². The second kappa shape index (κ2) is 8.73. The molecule has 0 unspecified atom stereocenters. The maximum Gasteiger partial charge on any atom is 0.223 e. The smallest absolute Gasteiger partial charge is 0.223 e. The molecule has 2 aliphatic carbocycles. The van der Waals surface area contributed by atoms with Crippen LogP contribution in [0.3, 0.4) is 0 Å². The van der Waals surface area contributed by atoms with E-state index < -0.39 is 6.10 Å². The van der Waals surface area contributed by atoms with Gasteiger partial charge in [0.25, 0.3) is 0 Å². The Morgan fingerprint density at radius 1 is 1.47 bits per heavy atom. The lowest BCUT2D eigenvalue weighted by atomic mass is 9.53. The average molecular weight is 438 g/mol. The van der Waals surface area contributed by atoms with E-state index in [0.717, 1.165) is 57.8 Å². The number of amides is 1. The molecule has 30 heavy (non-hydrogen) atoms. The molecule has 1 saturated heterocycles. The number of anilines is 1. The molecule has 1 aromatic heterocycles. The molecule has 6 atom stereocenters. The fraction of sp³-hybridized carbons (Fsp3) is 0.818. The molecular weight excluding hydrogens is 400 g/mol. The first-order valence-corrected chi connectivity index (χ1v) is 12.2. The van der Waals surface area contributed by atoms with Crippen LogP contribution in [0, 0.1) is 23.2 Å². The zero-order valence-corrected chi connectivity index (χ0v) is 19.3. The van der Waals surface area contributed by atoms with Crippen LogP contribution in [0.2, 0.25) is 0 Å². The van der Waals surface area contributed by atoms with E-state index in [4.69, 9.17) is 10.5 Å². The number of aromatic nitrogens is 1. The number of nitrogens with zero attached hydrogens (tertiary/aromatic N) is 1. The van der Waals surface area contributed by atoms with E-state index in [2.05, 4.69) is 24.1 Å². The summed E-state index contributed by atoms with van der Waals surface area (Å²) in [5.74, 6) is 0.123. The molecule has 8 heteroatoms. The molecule has 168 valence electrons. The van der Waals surface area contributed by atoms with Crippen LogP contribution in [-0.2, 0) is 16.0 Å². The summed E-state index contributed by atoms with van der Waals surface area (Å²) in [6.07, 6.45) is 2.34. The van der Waals surface area contributed by atoms with Crippen LogP contribution in [0.5, 0.6) is 0 Å². The minimum atomic E-state index is -0.500. The monoisotopic (exact) mass is 437 g/mol. The van der Waals surface area contributed by atoms with Gasteiger partial charge in [-0.3, -0.25) is 4.79 Å². The van der Waals surface area contributed by atoms with Crippen molar-refractivity contribution in [3.8, 4) is 0 Å². The molecule has 0 aromatic carbocycles. The second-order valence-corrected chi connectivity index (χ2v) is 11.0. The van der Waals surface area contributed by atoms with Crippen molar-refractivity contribution in [2.75, 3.05) is 45.1 Å². The van der Waals surface area contributed by atoms with Crippen LogP contribution in [0.4, 0.5) is 5.13 Å². The molecular formula is C22H37N4O3S+. The van der Waals surface area contributed by atoms with Gasteiger partial charge in [-0.05, 0) is 36.5 Å². The summed E-state index contributed by atoms with van der Waals surface area (Å²) < 4.78 is 5.39. The third-order valence-corrected chi connectivity index (χ3v) is 8.87. The first-order valence-electron chi connectivity index (χ1n) is 11.4. The fourth-order valence-electron chi connectivity index (χ4n) is 6.19. The number of aliphatic hydroxyl groups excluding tert-OH is 1. The largest absolute Gasteiger partial charge is 0.392 e. The Morgan fingerprint density at radius 2 is 2.20 bits per heavy atom. The normalized spacial score (nSPS) is 35.3. The summed E-state index contributed by atoms with van der Waals surface area (Å²) >= 11 is 1.59. The van der Waals surface area contributed by atoms with Gasteiger partial charge < -0.3 is 25.8 Å². The third-order valence-electron chi connectivity index (χ3n) is 7.97. The molecule has 1 amide bonds. The molecule has 2 fully saturated rings. The van der Waals surface area contributed by atoms with Gasteiger partial charge in [-0.15, -0.1) is 11.3 Å². The molecule has 0 bridgehead atoms. The van der Waals surface area contributed by atoms with Crippen molar-refractivity contribution in [2.45, 2.75) is 52.1 Å². The summed E-state index contributed by atoms with van der Waals surface area (Å²) in [4.78, 5) is 20.2. The number of quaternary nitrogens is 1.